The van der Waals surface area contributed by atoms with Crippen LogP contribution in [0.4, 0.5) is 0 Å². The quantitative estimate of drug-likeness (QED) is 0.258. The Morgan fingerprint density at radius 3 is 1.53 bits per heavy atom. The predicted molar refractivity (Wildman–Crippen MR) is 139 cm³/mol. The Morgan fingerprint density at radius 1 is 0.611 bits per heavy atom. The maximum absolute atomic E-state index is 6.02. The van der Waals surface area contributed by atoms with Crippen molar-refractivity contribution in [2.45, 2.75) is 24.0 Å². The molecule has 4 nitrogen and oxygen atoms in total. The zero-order chi connectivity index (χ0) is 24.0. The summed E-state index contributed by atoms with van der Waals surface area (Å²) in [4.78, 5) is 0. The lowest BCUT2D eigenvalue weighted by Crippen LogP contribution is -2.32. The van der Waals surface area contributed by atoms with Crippen LogP contribution in [-0.2, 0) is 14.9 Å². The fourth-order valence-corrected chi connectivity index (χ4v) is 5.58. The molecule has 2 fully saturated rings. The van der Waals surface area contributed by atoms with E-state index in [-0.39, 0.29) is 12.2 Å². The minimum absolute atomic E-state index is 0.219. The van der Waals surface area contributed by atoms with Crippen molar-refractivity contribution in [3.63, 3.8) is 0 Å². The molecule has 4 aromatic carbocycles. The Kier molecular flexibility index (Phi) is 5.30. The number of hydrogen-bond acceptors (Lipinski definition) is 4. The van der Waals surface area contributed by atoms with Crippen LogP contribution in [0.3, 0.4) is 0 Å². The van der Waals surface area contributed by atoms with Crippen molar-refractivity contribution in [2.24, 2.45) is 0 Å². The molecule has 4 aromatic rings. The van der Waals surface area contributed by atoms with Gasteiger partial charge in [0.05, 0.1) is 18.1 Å². The van der Waals surface area contributed by atoms with Crippen LogP contribution in [0.5, 0.6) is 11.5 Å². The minimum atomic E-state index is -0.430. The van der Waals surface area contributed by atoms with E-state index < -0.39 is 5.41 Å². The van der Waals surface area contributed by atoms with Crippen molar-refractivity contribution >= 4 is 0 Å². The first-order chi connectivity index (χ1) is 17.8. The summed E-state index contributed by atoms with van der Waals surface area (Å²) in [5.74, 6) is 1.74. The number of ether oxygens (including phenoxy) is 4. The average Bonchev–Trinajstić information content (AvgIpc) is 3.69. The van der Waals surface area contributed by atoms with E-state index in [1.807, 2.05) is 0 Å². The van der Waals surface area contributed by atoms with Crippen molar-refractivity contribution in [1.82, 2.24) is 0 Å². The van der Waals surface area contributed by atoms with Crippen molar-refractivity contribution < 1.29 is 18.9 Å². The SMILES string of the molecule is c1ccc2c(c1)-c1ccccc1C2(c1ccc(OCC2CCO2)cc1)c1ccc(OCC2CO2)cc1. The molecule has 2 unspecified atom stereocenters. The third kappa shape index (κ3) is 3.60. The molecule has 36 heavy (non-hydrogen) atoms. The molecule has 2 heterocycles. The van der Waals surface area contributed by atoms with E-state index >= 15 is 0 Å². The van der Waals surface area contributed by atoms with Gasteiger partial charge in [0.15, 0.2) is 0 Å². The molecular weight excluding hydrogens is 448 g/mol. The molecule has 3 aliphatic rings. The summed E-state index contributed by atoms with van der Waals surface area (Å²) in [6.45, 7) is 2.83. The Balaban J connectivity index is 1.33. The molecular formula is C32H28O4. The van der Waals surface area contributed by atoms with Gasteiger partial charge in [-0.3, -0.25) is 0 Å². The standard InChI is InChI=1S/C32H28O4/c1-3-7-30-28(5-1)29-6-2-4-8-31(29)32(30,23-11-15-25(16-12-23)35-20-27-21-36-27)22-9-13-24(14-10-22)34-19-26-17-18-33-26/h1-16,26-27H,17-21H2. The lowest BCUT2D eigenvalue weighted by atomic mass is 9.68. The first kappa shape index (κ1) is 21.7. The molecule has 0 aromatic heterocycles. The maximum Gasteiger partial charge on any atom is 0.119 e. The van der Waals surface area contributed by atoms with E-state index in [0.29, 0.717) is 13.2 Å². The second kappa shape index (κ2) is 8.81. The summed E-state index contributed by atoms with van der Waals surface area (Å²) in [6.07, 6.45) is 1.53. The van der Waals surface area contributed by atoms with Gasteiger partial charge in [0.2, 0.25) is 0 Å². The van der Waals surface area contributed by atoms with Gasteiger partial charge in [-0.15, -0.1) is 0 Å². The van der Waals surface area contributed by atoms with Crippen LogP contribution in [0.1, 0.15) is 28.7 Å². The van der Waals surface area contributed by atoms with Gasteiger partial charge in [-0.25, -0.2) is 0 Å². The van der Waals surface area contributed by atoms with Gasteiger partial charge >= 0.3 is 0 Å². The molecule has 0 spiro atoms. The third-order valence-electron chi connectivity index (χ3n) is 7.59. The third-order valence-corrected chi connectivity index (χ3v) is 7.59. The maximum atomic E-state index is 6.02. The van der Waals surface area contributed by atoms with E-state index in [4.69, 9.17) is 18.9 Å². The van der Waals surface area contributed by atoms with Crippen molar-refractivity contribution in [1.29, 1.82) is 0 Å². The molecule has 180 valence electrons. The van der Waals surface area contributed by atoms with Gasteiger partial charge in [0, 0.05) is 13.0 Å². The van der Waals surface area contributed by atoms with E-state index in [1.165, 1.54) is 33.4 Å². The Hall–Kier alpha value is -3.60. The lowest BCUT2D eigenvalue weighted by Gasteiger charge is -2.34. The zero-order valence-electron chi connectivity index (χ0n) is 20.1. The predicted octanol–water partition coefficient (Wildman–Crippen LogP) is 6.00. The molecule has 2 saturated heterocycles. The molecule has 2 aliphatic heterocycles. The monoisotopic (exact) mass is 476 g/mol. The summed E-state index contributed by atoms with van der Waals surface area (Å²) < 4.78 is 22.8. The molecule has 0 amide bonds. The van der Waals surface area contributed by atoms with Crippen LogP contribution in [0.25, 0.3) is 11.1 Å². The van der Waals surface area contributed by atoms with Crippen molar-refractivity contribution in [3.8, 4) is 22.6 Å². The van der Waals surface area contributed by atoms with E-state index in [0.717, 1.165) is 31.1 Å². The number of epoxide rings is 1. The highest BCUT2D eigenvalue weighted by Crippen LogP contribution is 2.56. The van der Waals surface area contributed by atoms with Crippen molar-refractivity contribution in [3.05, 3.63) is 119 Å². The van der Waals surface area contributed by atoms with Crippen molar-refractivity contribution in [2.75, 3.05) is 26.4 Å². The van der Waals surface area contributed by atoms with Gasteiger partial charge in [-0.2, -0.15) is 0 Å². The van der Waals surface area contributed by atoms with Crippen LogP contribution in [0, 0.1) is 0 Å². The largest absolute Gasteiger partial charge is 0.491 e. The van der Waals surface area contributed by atoms with Gasteiger partial charge in [-0.05, 0) is 57.6 Å². The molecule has 1 aliphatic carbocycles. The number of hydrogen-bond donors (Lipinski definition) is 0. The first-order valence-corrected chi connectivity index (χ1v) is 12.7. The molecule has 4 heteroatoms. The summed E-state index contributed by atoms with van der Waals surface area (Å²) >= 11 is 0. The minimum Gasteiger partial charge on any atom is -0.491 e. The van der Waals surface area contributed by atoms with Crippen LogP contribution < -0.4 is 9.47 Å². The molecule has 0 saturated carbocycles. The Bertz CT molecular complexity index is 1320. The second-order valence-corrected chi connectivity index (χ2v) is 9.75. The molecule has 7 rings (SSSR count). The normalized spacial score (nSPS) is 20.7. The highest BCUT2D eigenvalue weighted by molar-refractivity contribution is 5.86. The molecule has 2 atom stereocenters. The number of fused-ring (bicyclic) bond motifs is 3. The molecule has 0 radical (unpaired) electrons. The van der Waals surface area contributed by atoms with E-state index in [2.05, 4.69) is 97.1 Å². The lowest BCUT2D eigenvalue weighted by molar-refractivity contribution is -0.0720. The Morgan fingerprint density at radius 2 is 1.08 bits per heavy atom. The second-order valence-electron chi connectivity index (χ2n) is 9.75. The topological polar surface area (TPSA) is 40.2 Å². The Labute approximate surface area is 211 Å². The van der Waals surface area contributed by atoms with Gasteiger partial charge in [0.1, 0.15) is 30.8 Å². The summed E-state index contributed by atoms with van der Waals surface area (Å²) in [5.41, 5.74) is 7.15. The summed E-state index contributed by atoms with van der Waals surface area (Å²) in [7, 11) is 0. The molecule has 0 bridgehead atoms. The fraction of sp³-hybridized carbons (Fsp3) is 0.250. The summed E-state index contributed by atoms with van der Waals surface area (Å²) in [6, 6.07) is 34.7. The van der Waals surface area contributed by atoms with Crippen LogP contribution in [0.15, 0.2) is 97.1 Å². The summed E-state index contributed by atoms with van der Waals surface area (Å²) in [5, 5.41) is 0. The number of benzene rings is 4. The van der Waals surface area contributed by atoms with Gasteiger partial charge in [0.25, 0.3) is 0 Å². The molecule has 0 N–H and O–H groups in total. The highest BCUT2D eigenvalue weighted by Gasteiger charge is 2.45. The zero-order valence-corrected chi connectivity index (χ0v) is 20.1. The smallest absolute Gasteiger partial charge is 0.119 e. The van der Waals surface area contributed by atoms with Gasteiger partial charge in [-0.1, -0.05) is 72.8 Å². The van der Waals surface area contributed by atoms with E-state index in [9.17, 15) is 0 Å². The highest BCUT2D eigenvalue weighted by atomic mass is 16.6. The van der Waals surface area contributed by atoms with Gasteiger partial charge < -0.3 is 18.9 Å². The number of rotatable bonds is 8. The van der Waals surface area contributed by atoms with Crippen LogP contribution in [-0.4, -0.2) is 38.6 Å². The fourth-order valence-electron chi connectivity index (χ4n) is 5.58. The van der Waals surface area contributed by atoms with Crippen LogP contribution >= 0.6 is 0 Å². The van der Waals surface area contributed by atoms with E-state index in [1.54, 1.807) is 0 Å². The average molecular weight is 477 g/mol. The first-order valence-electron chi connectivity index (χ1n) is 12.7. The van der Waals surface area contributed by atoms with Crippen LogP contribution in [0.2, 0.25) is 0 Å².